The topological polar surface area (TPSA) is 76.2 Å². The maximum absolute atomic E-state index is 9.17. The molecule has 0 aliphatic heterocycles. The van der Waals surface area contributed by atoms with Crippen molar-refractivity contribution in [3.63, 3.8) is 0 Å². The highest BCUT2D eigenvalue weighted by atomic mass is 35.5. The van der Waals surface area contributed by atoms with Crippen LogP contribution in [0.2, 0.25) is 5.15 Å². The van der Waals surface area contributed by atoms with E-state index in [1.165, 1.54) is 0 Å². The van der Waals surface area contributed by atoms with Crippen LogP contribution in [-0.4, -0.2) is 30.4 Å². The Morgan fingerprint density at radius 2 is 2.25 bits per heavy atom. The van der Waals surface area contributed by atoms with E-state index in [0.717, 1.165) is 11.1 Å². The largest absolute Gasteiger partial charge is 0.276 e. The van der Waals surface area contributed by atoms with Crippen LogP contribution in [0.5, 0.6) is 0 Å². The molecule has 1 aliphatic rings. The van der Waals surface area contributed by atoms with Gasteiger partial charge in [-0.2, -0.15) is 15.5 Å². The highest BCUT2D eigenvalue weighted by Gasteiger charge is 2.52. The molecule has 1 saturated carbocycles. The summed E-state index contributed by atoms with van der Waals surface area (Å²) in [6.45, 7) is 5.37. The quantitative estimate of drug-likeness (QED) is 0.735. The maximum Gasteiger partial charge on any atom is 0.276 e. The van der Waals surface area contributed by atoms with Crippen LogP contribution in [0.25, 0.3) is 21.6 Å². The van der Waals surface area contributed by atoms with Gasteiger partial charge < -0.3 is 0 Å². The van der Waals surface area contributed by atoms with Crippen molar-refractivity contribution < 1.29 is 0 Å². The van der Waals surface area contributed by atoms with Gasteiger partial charge in [0.2, 0.25) is 0 Å². The smallest absolute Gasteiger partial charge is 0.264 e. The predicted octanol–water partition coefficient (Wildman–Crippen LogP) is 2.98. The Labute approximate surface area is 142 Å². The first-order chi connectivity index (χ1) is 11.6. The standard InChI is InChI=1S/C16H13ClN7/c1-19-12-6-16(7-12,3-4-18)24-9-11(8-21-24)15-13-2-5-20-23(13)10-14(17)22-15/h1-2,5,8-10,12H,3,6-7H2/q+1. The summed E-state index contributed by atoms with van der Waals surface area (Å²) < 4.78 is 3.52. The Morgan fingerprint density at radius 3 is 3.00 bits per heavy atom. The Morgan fingerprint density at radius 1 is 1.42 bits per heavy atom. The van der Waals surface area contributed by atoms with E-state index < -0.39 is 0 Å². The summed E-state index contributed by atoms with van der Waals surface area (Å²) in [5, 5.41) is 18.2. The average molecular weight is 339 g/mol. The van der Waals surface area contributed by atoms with Gasteiger partial charge in [-0.1, -0.05) is 16.4 Å². The zero-order valence-electron chi connectivity index (χ0n) is 12.7. The van der Waals surface area contributed by atoms with Crippen LogP contribution in [0.4, 0.5) is 0 Å². The van der Waals surface area contributed by atoms with Crippen molar-refractivity contribution in [1.29, 1.82) is 5.26 Å². The third-order valence-corrected chi connectivity index (χ3v) is 4.73. The molecule has 0 bridgehead atoms. The minimum absolute atomic E-state index is 0.0804. The molecule has 4 rings (SSSR count). The lowest BCUT2D eigenvalue weighted by molar-refractivity contribution is 0.121. The third-order valence-electron chi connectivity index (χ3n) is 4.55. The Hall–Kier alpha value is -2.90. The molecule has 3 heterocycles. The molecule has 0 spiro atoms. The molecule has 24 heavy (non-hydrogen) atoms. The van der Waals surface area contributed by atoms with Crippen molar-refractivity contribution in [2.24, 2.45) is 0 Å². The van der Waals surface area contributed by atoms with Crippen LogP contribution in [0.3, 0.4) is 0 Å². The molecular formula is C16H13ClN7+. The van der Waals surface area contributed by atoms with Crippen molar-refractivity contribution in [1.82, 2.24) is 24.4 Å². The average Bonchev–Trinajstić information content (AvgIpc) is 3.18. The molecule has 0 atom stereocenters. The van der Waals surface area contributed by atoms with Crippen molar-refractivity contribution in [3.8, 4) is 23.9 Å². The minimum Gasteiger partial charge on any atom is -0.264 e. The van der Waals surface area contributed by atoms with Crippen LogP contribution in [0.1, 0.15) is 19.3 Å². The zero-order valence-corrected chi connectivity index (χ0v) is 13.4. The van der Waals surface area contributed by atoms with Crippen molar-refractivity contribution in [2.75, 3.05) is 0 Å². The van der Waals surface area contributed by atoms with Crippen LogP contribution in [-0.2, 0) is 5.54 Å². The summed E-state index contributed by atoms with van der Waals surface area (Å²) in [5.41, 5.74) is 2.03. The van der Waals surface area contributed by atoms with Gasteiger partial charge in [0.15, 0.2) is 0 Å². The number of aromatic nitrogens is 5. The lowest BCUT2D eigenvalue weighted by atomic mass is 9.71. The van der Waals surface area contributed by atoms with E-state index >= 15 is 0 Å². The zero-order chi connectivity index (χ0) is 16.7. The molecule has 0 saturated heterocycles. The lowest BCUT2D eigenvalue weighted by Gasteiger charge is -2.38. The summed E-state index contributed by atoms with van der Waals surface area (Å²) in [6, 6.07) is 4.19. The summed E-state index contributed by atoms with van der Waals surface area (Å²) in [4.78, 5) is 8.22. The molecule has 0 radical (unpaired) electrons. The fourth-order valence-corrected chi connectivity index (χ4v) is 3.47. The molecule has 118 valence electrons. The van der Waals surface area contributed by atoms with Gasteiger partial charge in [-0.05, 0) is 6.07 Å². The Balaban J connectivity index is 1.76. The first-order valence-electron chi connectivity index (χ1n) is 7.47. The molecule has 0 aromatic carbocycles. The molecule has 0 N–H and O–H groups in total. The maximum atomic E-state index is 9.17. The summed E-state index contributed by atoms with van der Waals surface area (Å²) in [6.07, 6.45) is 8.77. The molecular weight excluding hydrogens is 326 g/mol. The molecule has 1 fully saturated rings. The number of hydrogen-bond acceptors (Lipinski definition) is 4. The molecule has 3 aromatic rings. The van der Waals surface area contributed by atoms with Crippen molar-refractivity contribution >= 4 is 17.1 Å². The normalized spacial score (nSPS) is 22.7. The van der Waals surface area contributed by atoms with E-state index in [9.17, 15) is 0 Å². The molecule has 1 aliphatic carbocycles. The minimum atomic E-state index is -0.352. The monoisotopic (exact) mass is 338 g/mol. The SMILES string of the molecule is C#[N+]C1CC(CC#N)(n2cc(-c3nc(Cl)cn4nccc34)cn2)C1. The number of halogens is 1. The summed E-state index contributed by atoms with van der Waals surface area (Å²) in [7, 11) is 0. The number of rotatable bonds is 3. The second-order valence-corrected chi connectivity index (χ2v) is 6.40. The number of hydrogen-bond donors (Lipinski definition) is 0. The van der Waals surface area contributed by atoms with E-state index in [-0.39, 0.29) is 11.6 Å². The summed E-state index contributed by atoms with van der Waals surface area (Å²) >= 11 is 6.08. The van der Waals surface area contributed by atoms with Gasteiger partial charge >= 0.3 is 0 Å². The first kappa shape index (κ1) is 14.7. The molecule has 0 unspecified atom stereocenters. The van der Waals surface area contributed by atoms with E-state index in [1.54, 1.807) is 23.1 Å². The van der Waals surface area contributed by atoms with Gasteiger partial charge in [-0.3, -0.25) is 4.68 Å². The summed E-state index contributed by atoms with van der Waals surface area (Å²) in [5.74, 6) is 0. The van der Waals surface area contributed by atoms with Crippen LogP contribution >= 0.6 is 11.6 Å². The van der Waals surface area contributed by atoms with Gasteiger partial charge in [0.25, 0.3) is 12.6 Å². The fourth-order valence-electron chi connectivity index (χ4n) is 3.30. The van der Waals surface area contributed by atoms with Crippen molar-refractivity contribution in [3.05, 3.63) is 40.9 Å². The van der Waals surface area contributed by atoms with Gasteiger partial charge in [-0.25, -0.2) is 9.50 Å². The van der Waals surface area contributed by atoms with E-state index in [1.807, 2.05) is 16.9 Å². The molecule has 8 heteroatoms. The van der Waals surface area contributed by atoms with E-state index in [4.69, 9.17) is 23.4 Å². The third kappa shape index (κ3) is 2.14. The second kappa shape index (κ2) is 5.33. The van der Waals surface area contributed by atoms with Gasteiger partial charge in [0, 0.05) is 11.8 Å². The first-order valence-corrected chi connectivity index (χ1v) is 7.85. The number of nitriles is 1. The Kier molecular flexibility index (Phi) is 3.26. The molecule has 3 aromatic heterocycles. The van der Waals surface area contributed by atoms with Crippen LogP contribution in [0, 0.1) is 17.9 Å². The fraction of sp³-hybridized carbons (Fsp3) is 0.312. The van der Waals surface area contributed by atoms with Crippen LogP contribution < -0.4 is 0 Å². The van der Waals surface area contributed by atoms with Crippen LogP contribution in [0.15, 0.2) is 30.9 Å². The number of fused-ring (bicyclic) bond motifs is 1. The highest BCUT2D eigenvalue weighted by Crippen LogP contribution is 2.44. The van der Waals surface area contributed by atoms with Gasteiger partial charge in [0.1, 0.15) is 10.8 Å². The van der Waals surface area contributed by atoms with E-state index in [2.05, 4.69) is 26.1 Å². The lowest BCUT2D eigenvalue weighted by Crippen LogP contribution is -2.48. The Bertz CT molecular complexity index is 998. The molecule has 7 nitrogen and oxygen atoms in total. The van der Waals surface area contributed by atoms with Gasteiger partial charge in [-0.15, -0.1) is 0 Å². The second-order valence-electron chi connectivity index (χ2n) is 6.02. The predicted molar refractivity (Wildman–Crippen MR) is 88.7 cm³/mol. The van der Waals surface area contributed by atoms with Gasteiger partial charge in [0.05, 0.1) is 55.0 Å². The molecule has 0 amide bonds. The van der Waals surface area contributed by atoms with E-state index in [0.29, 0.717) is 30.1 Å². The van der Waals surface area contributed by atoms with Crippen molar-refractivity contribution in [2.45, 2.75) is 30.8 Å². The number of nitrogens with zero attached hydrogens (tertiary/aromatic N) is 7. The highest BCUT2D eigenvalue weighted by molar-refractivity contribution is 6.29.